The molecule has 0 bridgehead atoms. The van der Waals surface area contributed by atoms with Crippen LogP contribution >= 0.6 is 24.0 Å². The van der Waals surface area contributed by atoms with Gasteiger partial charge >= 0.3 is 0 Å². The molecular formula is C17H26Cl2N2O2. The zero-order valence-electron chi connectivity index (χ0n) is 13.7. The molecule has 2 rings (SSSR count). The first-order chi connectivity index (χ1) is 10.6. The molecule has 6 heteroatoms. The van der Waals surface area contributed by atoms with Crippen LogP contribution in [0, 0.1) is 12.8 Å². The van der Waals surface area contributed by atoms with E-state index >= 15 is 0 Å². The van der Waals surface area contributed by atoms with Crippen LogP contribution in [-0.4, -0.2) is 31.6 Å². The zero-order chi connectivity index (χ0) is 15.9. The summed E-state index contributed by atoms with van der Waals surface area (Å²) in [6.45, 7) is 6.59. The van der Waals surface area contributed by atoms with Gasteiger partial charge in [0, 0.05) is 24.0 Å². The number of benzene rings is 1. The van der Waals surface area contributed by atoms with E-state index < -0.39 is 0 Å². The van der Waals surface area contributed by atoms with Crippen molar-refractivity contribution < 1.29 is 9.53 Å². The van der Waals surface area contributed by atoms with Gasteiger partial charge < -0.3 is 15.4 Å². The normalized spacial score (nSPS) is 20.5. The molecule has 1 aromatic carbocycles. The van der Waals surface area contributed by atoms with Crippen LogP contribution in [0.4, 0.5) is 0 Å². The molecule has 2 atom stereocenters. The summed E-state index contributed by atoms with van der Waals surface area (Å²) in [5.41, 5.74) is 0.996. The third-order valence-corrected chi connectivity index (χ3v) is 4.54. The standard InChI is InChI=1S/C17H25ClN2O2.ClH/c1-12-7-8-19-11-16(12)20-17(21)4-3-9-22-14-5-6-15(18)13(2)10-14;/h5-6,10,12,16,19H,3-4,7-9,11H2,1-2H3,(H,20,21);1H. The van der Waals surface area contributed by atoms with Crippen molar-refractivity contribution in [3.63, 3.8) is 0 Å². The molecule has 23 heavy (non-hydrogen) atoms. The molecule has 1 aliphatic rings. The van der Waals surface area contributed by atoms with Crippen molar-refractivity contribution >= 4 is 29.9 Å². The van der Waals surface area contributed by atoms with Crippen molar-refractivity contribution in [1.82, 2.24) is 10.6 Å². The molecule has 0 aromatic heterocycles. The number of halogens is 2. The highest BCUT2D eigenvalue weighted by Crippen LogP contribution is 2.21. The number of rotatable bonds is 6. The zero-order valence-corrected chi connectivity index (χ0v) is 15.3. The minimum atomic E-state index is 0. The Morgan fingerprint density at radius 3 is 2.96 bits per heavy atom. The van der Waals surface area contributed by atoms with E-state index in [0.29, 0.717) is 25.4 Å². The lowest BCUT2D eigenvalue weighted by Crippen LogP contribution is -2.50. The number of aryl methyl sites for hydroxylation is 1. The summed E-state index contributed by atoms with van der Waals surface area (Å²) in [6, 6.07) is 5.85. The van der Waals surface area contributed by atoms with Crippen molar-refractivity contribution in [2.75, 3.05) is 19.7 Å². The van der Waals surface area contributed by atoms with Crippen LogP contribution in [-0.2, 0) is 4.79 Å². The second-order valence-electron chi connectivity index (χ2n) is 6.01. The van der Waals surface area contributed by atoms with Crippen LogP contribution in [0.1, 0.15) is 31.7 Å². The number of hydrogen-bond donors (Lipinski definition) is 2. The molecule has 2 unspecified atom stereocenters. The molecule has 130 valence electrons. The molecular weight excluding hydrogens is 335 g/mol. The second-order valence-corrected chi connectivity index (χ2v) is 6.41. The van der Waals surface area contributed by atoms with Gasteiger partial charge in [0.05, 0.1) is 6.61 Å². The first kappa shape index (κ1) is 20.1. The Morgan fingerprint density at radius 2 is 2.26 bits per heavy atom. The van der Waals surface area contributed by atoms with Crippen LogP contribution in [0.25, 0.3) is 0 Å². The first-order valence-corrected chi connectivity index (χ1v) is 8.33. The molecule has 1 aliphatic heterocycles. The van der Waals surface area contributed by atoms with E-state index in [1.807, 2.05) is 25.1 Å². The predicted octanol–water partition coefficient (Wildman–Crippen LogP) is 3.34. The summed E-state index contributed by atoms with van der Waals surface area (Å²) >= 11 is 5.97. The highest BCUT2D eigenvalue weighted by Gasteiger charge is 2.22. The van der Waals surface area contributed by atoms with Gasteiger partial charge in [0.2, 0.25) is 5.91 Å². The number of piperidine rings is 1. The highest BCUT2D eigenvalue weighted by atomic mass is 35.5. The van der Waals surface area contributed by atoms with E-state index in [1.54, 1.807) is 0 Å². The molecule has 4 nitrogen and oxygen atoms in total. The Morgan fingerprint density at radius 1 is 1.48 bits per heavy atom. The quantitative estimate of drug-likeness (QED) is 0.764. The van der Waals surface area contributed by atoms with Crippen molar-refractivity contribution in [3.8, 4) is 5.75 Å². The van der Waals surface area contributed by atoms with Crippen molar-refractivity contribution in [1.29, 1.82) is 0 Å². The summed E-state index contributed by atoms with van der Waals surface area (Å²) in [5.74, 6) is 1.45. The van der Waals surface area contributed by atoms with Gasteiger partial charge in [-0.3, -0.25) is 4.79 Å². The maximum atomic E-state index is 12.0. The van der Waals surface area contributed by atoms with Gasteiger partial charge in [0.1, 0.15) is 5.75 Å². The van der Waals surface area contributed by atoms with E-state index in [2.05, 4.69) is 17.6 Å². The maximum absolute atomic E-state index is 12.0. The van der Waals surface area contributed by atoms with E-state index in [0.717, 1.165) is 35.8 Å². The summed E-state index contributed by atoms with van der Waals surface area (Å²) in [7, 11) is 0. The fourth-order valence-electron chi connectivity index (χ4n) is 2.59. The fourth-order valence-corrected chi connectivity index (χ4v) is 2.71. The summed E-state index contributed by atoms with van der Waals surface area (Å²) in [4.78, 5) is 12.0. The number of carbonyl (C=O) groups is 1. The number of hydrogen-bond acceptors (Lipinski definition) is 3. The number of nitrogens with one attached hydrogen (secondary N) is 2. The Balaban J connectivity index is 0.00000264. The number of ether oxygens (including phenoxy) is 1. The average molecular weight is 361 g/mol. The first-order valence-electron chi connectivity index (χ1n) is 7.95. The highest BCUT2D eigenvalue weighted by molar-refractivity contribution is 6.31. The van der Waals surface area contributed by atoms with Crippen LogP contribution in [0.2, 0.25) is 5.02 Å². The number of amides is 1. The molecule has 0 aliphatic carbocycles. The topological polar surface area (TPSA) is 50.4 Å². The Kier molecular flexibility index (Phi) is 8.74. The van der Waals surface area contributed by atoms with Gasteiger partial charge in [-0.2, -0.15) is 0 Å². The van der Waals surface area contributed by atoms with Crippen LogP contribution in [0.5, 0.6) is 5.75 Å². The van der Waals surface area contributed by atoms with Gasteiger partial charge in [-0.15, -0.1) is 12.4 Å². The van der Waals surface area contributed by atoms with Crippen molar-refractivity contribution in [3.05, 3.63) is 28.8 Å². The lowest BCUT2D eigenvalue weighted by molar-refractivity contribution is -0.122. The third kappa shape index (κ3) is 6.58. The van der Waals surface area contributed by atoms with Crippen LogP contribution < -0.4 is 15.4 Å². The van der Waals surface area contributed by atoms with E-state index in [-0.39, 0.29) is 24.4 Å². The predicted molar refractivity (Wildman–Crippen MR) is 96.7 cm³/mol. The third-order valence-electron chi connectivity index (χ3n) is 4.12. The van der Waals surface area contributed by atoms with Gasteiger partial charge in [-0.25, -0.2) is 0 Å². The summed E-state index contributed by atoms with van der Waals surface area (Å²) in [5, 5.41) is 7.17. The Labute approximate surface area is 149 Å². The van der Waals surface area contributed by atoms with Gasteiger partial charge in [0.25, 0.3) is 0 Å². The SMILES string of the molecule is Cc1cc(OCCCC(=O)NC2CNCCC2C)ccc1Cl.Cl. The van der Waals surface area contributed by atoms with Gasteiger partial charge in [-0.05, 0) is 56.0 Å². The fraction of sp³-hybridized carbons (Fsp3) is 0.588. The lowest BCUT2D eigenvalue weighted by atomic mass is 9.95. The summed E-state index contributed by atoms with van der Waals surface area (Å²) in [6.07, 6.45) is 2.32. The van der Waals surface area contributed by atoms with Crippen molar-refractivity contribution in [2.24, 2.45) is 5.92 Å². The molecule has 2 N–H and O–H groups in total. The molecule has 1 saturated heterocycles. The number of carbonyl (C=O) groups excluding carboxylic acids is 1. The molecule has 0 saturated carbocycles. The maximum Gasteiger partial charge on any atom is 0.220 e. The minimum absolute atomic E-state index is 0. The molecule has 0 spiro atoms. The largest absolute Gasteiger partial charge is 0.494 e. The molecule has 1 heterocycles. The van der Waals surface area contributed by atoms with E-state index in [4.69, 9.17) is 16.3 Å². The van der Waals surface area contributed by atoms with Crippen molar-refractivity contribution in [2.45, 2.75) is 39.2 Å². The van der Waals surface area contributed by atoms with E-state index in [1.165, 1.54) is 0 Å². The Hall–Kier alpha value is -0.970. The van der Waals surface area contributed by atoms with Gasteiger partial charge in [0.15, 0.2) is 0 Å². The van der Waals surface area contributed by atoms with Crippen LogP contribution in [0.15, 0.2) is 18.2 Å². The second kappa shape index (κ2) is 10.0. The molecule has 1 fully saturated rings. The molecule has 0 radical (unpaired) electrons. The monoisotopic (exact) mass is 360 g/mol. The van der Waals surface area contributed by atoms with Gasteiger partial charge in [-0.1, -0.05) is 18.5 Å². The van der Waals surface area contributed by atoms with E-state index in [9.17, 15) is 4.79 Å². The minimum Gasteiger partial charge on any atom is -0.494 e. The summed E-state index contributed by atoms with van der Waals surface area (Å²) < 4.78 is 5.65. The molecule has 1 amide bonds. The lowest BCUT2D eigenvalue weighted by Gasteiger charge is -2.30. The average Bonchev–Trinajstić information content (AvgIpc) is 2.49. The molecule has 1 aromatic rings. The Bertz CT molecular complexity index is 511. The van der Waals surface area contributed by atoms with Crippen LogP contribution in [0.3, 0.4) is 0 Å². The smallest absolute Gasteiger partial charge is 0.220 e.